The Balaban J connectivity index is 2.13. The average Bonchev–Trinajstić information content (AvgIpc) is 2.99. The van der Waals surface area contributed by atoms with Gasteiger partial charge in [-0.3, -0.25) is 0 Å². The van der Waals surface area contributed by atoms with Crippen molar-refractivity contribution in [3.63, 3.8) is 0 Å². The van der Waals surface area contributed by atoms with Crippen molar-refractivity contribution in [2.75, 3.05) is 0 Å². The van der Waals surface area contributed by atoms with Crippen LogP contribution in [0.15, 0.2) is 81.3 Å². The van der Waals surface area contributed by atoms with E-state index < -0.39 is 9.84 Å². The molecule has 2 aromatic carbocycles. The zero-order chi connectivity index (χ0) is 14.9. The van der Waals surface area contributed by atoms with E-state index in [2.05, 4.69) is 0 Å². The molecule has 0 unspecified atom stereocenters. The molecule has 0 atom stereocenters. The van der Waals surface area contributed by atoms with Crippen molar-refractivity contribution in [1.29, 1.82) is 0 Å². The van der Waals surface area contributed by atoms with Crippen LogP contribution in [0.4, 0.5) is 0 Å². The van der Waals surface area contributed by atoms with Gasteiger partial charge >= 0.3 is 0 Å². The van der Waals surface area contributed by atoms with Gasteiger partial charge in [0.1, 0.15) is 11.2 Å². The van der Waals surface area contributed by atoms with Gasteiger partial charge in [0.2, 0.25) is 9.84 Å². The number of rotatable bonds is 3. The normalized spacial score (nSPS) is 11.5. The summed E-state index contributed by atoms with van der Waals surface area (Å²) in [5, 5.41) is 0. The number of sulfone groups is 1. The van der Waals surface area contributed by atoms with Gasteiger partial charge in [-0.2, -0.15) is 0 Å². The topological polar surface area (TPSA) is 47.3 Å². The molecule has 0 radical (unpaired) electrons. The smallest absolute Gasteiger partial charge is 0.210 e. The molecule has 0 fully saturated rings. The predicted molar refractivity (Wildman–Crippen MR) is 80.8 cm³/mol. The van der Waals surface area contributed by atoms with Crippen molar-refractivity contribution < 1.29 is 12.8 Å². The van der Waals surface area contributed by atoms with E-state index in [1.54, 1.807) is 24.3 Å². The van der Waals surface area contributed by atoms with Crippen molar-refractivity contribution in [3.8, 4) is 11.1 Å². The van der Waals surface area contributed by atoms with Crippen LogP contribution < -0.4 is 0 Å². The van der Waals surface area contributed by atoms with Crippen LogP contribution in [0.25, 0.3) is 11.1 Å². The van der Waals surface area contributed by atoms with Crippen LogP contribution in [0.3, 0.4) is 0 Å². The summed E-state index contributed by atoms with van der Waals surface area (Å²) < 4.78 is 30.6. The van der Waals surface area contributed by atoms with E-state index in [9.17, 15) is 8.42 Å². The third-order valence-corrected chi connectivity index (χ3v) is 5.12. The molecular formula is C17H14O3S. The van der Waals surface area contributed by atoms with Gasteiger partial charge in [0, 0.05) is 5.56 Å². The average molecular weight is 298 g/mol. The minimum atomic E-state index is -3.58. The second kappa shape index (κ2) is 5.22. The van der Waals surface area contributed by atoms with Gasteiger partial charge in [-0.15, -0.1) is 0 Å². The maximum atomic E-state index is 12.7. The first kappa shape index (κ1) is 13.6. The SMILES string of the molecule is Cc1ccc(S(=O)(=O)c2cocc2-c2ccccc2)cc1. The molecule has 0 aliphatic rings. The first-order valence-electron chi connectivity index (χ1n) is 6.52. The highest BCUT2D eigenvalue weighted by Gasteiger charge is 2.23. The molecule has 0 N–H and O–H groups in total. The first-order chi connectivity index (χ1) is 10.1. The summed E-state index contributed by atoms with van der Waals surface area (Å²) in [4.78, 5) is 0.462. The Bertz CT molecular complexity index is 845. The molecule has 0 saturated heterocycles. The summed E-state index contributed by atoms with van der Waals surface area (Å²) in [6, 6.07) is 16.1. The Morgan fingerprint density at radius 2 is 1.52 bits per heavy atom. The number of hydrogen-bond donors (Lipinski definition) is 0. The molecule has 0 spiro atoms. The van der Waals surface area contributed by atoms with Crippen LogP contribution in [0.5, 0.6) is 0 Å². The van der Waals surface area contributed by atoms with Crippen molar-refractivity contribution in [1.82, 2.24) is 0 Å². The van der Waals surface area contributed by atoms with E-state index in [1.807, 2.05) is 37.3 Å². The van der Waals surface area contributed by atoms with Crippen LogP contribution in [0.1, 0.15) is 5.56 Å². The lowest BCUT2D eigenvalue weighted by atomic mass is 10.1. The predicted octanol–water partition coefficient (Wildman–Crippen LogP) is 4.09. The molecule has 1 aromatic heterocycles. The van der Waals surface area contributed by atoms with Gasteiger partial charge in [-0.05, 0) is 24.6 Å². The quantitative estimate of drug-likeness (QED) is 0.731. The second-order valence-electron chi connectivity index (χ2n) is 4.83. The van der Waals surface area contributed by atoms with Gasteiger partial charge < -0.3 is 4.42 Å². The first-order valence-corrected chi connectivity index (χ1v) is 8.01. The van der Waals surface area contributed by atoms with Crippen molar-refractivity contribution >= 4 is 9.84 Å². The highest BCUT2D eigenvalue weighted by Crippen LogP contribution is 2.32. The van der Waals surface area contributed by atoms with E-state index in [0.717, 1.165) is 11.1 Å². The molecule has 4 heteroatoms. The van der Waals surface area contributed by atoms with E-state index in [0.29, 0.717) is 5.56 Å². The third kappa shape index (κ3) is 2.50. The standard InChI is InChI=1S/C17H14O3S/c1-13-7-9-15(10-8-13)21(18,19)17-12-20-11-16(17)14-5-3-2-4-6-14/h2-12H,1H3. The van der Waals surface area contributed by atoms with Crippen LogP contribution >= 0.6 is 0 Å². The lowest BCUT2D eigenvalue weighted by Gasteiger charge is -2.05. The lowest BCUT2D eigenvalue weighted by molar-refractivity contribution is 0.556. The van der Waals surface area contributed by atoms with Gasteiger partial charge in [0.15, 0.2) is 0 Å². The van der Waals surface area contributed by atoms with E-state index in [1.165, 1.54) is 12.5 Å². The van der Waals surface area contributed by atoms with Crippen LogP contribution in [-0.2, 0) is 9.84 Å². The Morgan fingerprint density at radius 1 is 0.857 bits per heavy atom. The minimum absolute atomic E-state index is 0.192. The molecule has 3 aromatic rings. The fourth-order valence-electron chi connectivity index (χ4n) is 2.17. The van der Waals surface area contributed by atoms with E-state index >= 15 is 0 Å². The van der Waals surface area contributed by atoms with Gasteiger partial charge in [0.05, 0.1) is 11.2 Å². The highest BCUT2D eigenvalue weighted by atomic mass is 32.2. The Morgan fingerprint density at radius 3 is 2.19 bits per heavy atom. The molecule has 0 amide bonds. The van der Waals surface area contributed by atoms with Crippen LogP contribution in [0, 0.1) is 6.92 Å². The number of benzene rings is 2. The molecule has 1 heterocycles. The summed E-state index contributed by atoms with van der Waals surface area (Å²) in [5.74, 6) is 0. The largest absolute Gasteiger partial charge is 0.471 e. The fraction of sp³-hybridized carbons (Fsp3) is 0.0588. The summed E-state index contributed by atoms with van der Waals surface area (Å²) in [6.07, 6.45) is 2.76. The Labute approximate surface area is 123 Å². The van der Waals surface area contributed by atoms with Gasteiger partial charge in [-0.25, -0.2) is 8.42 Å². The zero-order valence-corrected chi connectivity index (χ0v) is 12.3. The van der Waals surface area contributed by atoms with Crippen molar-refractivity contribution in [2.45, 2.75) is 16.7 Å². The molecular weight excluding hydrogens is 284 g/mol. The summed E-state index contributed by atoms with van der Waals surface area (Å²) in [6.45, 7) is 1.92. The summed E-state index contributed by atoms with van der Waals surface area (Å²) >= 11 is 0. The molecule has 3 rings (SSSR count). The van der Waals surface area contributed by atoms with Gasteiger partial charge in [-0.1, -0.05) is 48.0 Å². The molecule has 0 aliphatic heterocycles. The lowest BCUT2D eigenvalue weighted by Crippen LogP contribution is -2.02. The zero-order valence-electron chi connectivity index (χ0n) is 11.5. The third-order valence-electron chi connectivity index (χ3n) is 3.33. The van der Waals surface area contributed by atoms with Crippen molar-refractivity contribution in [3.05, 3.63) is 72.7 Å². The highest BCUT2D eigenvalue weighted by molar-refractivity contribution is 7.91. The minimum Gasteiger partial charge on any atom is -0.471 e. The number of furan rings is 1. The maximum Gasteiger partial charge on any atom is 0.210 e. The number of hydrogen-bond acceptors (Lipinski definition) is 3. The van der Waals surface area contributed by atoms with Crippen LogP contribution in [0.2, 0.25) is 0 Å². The molecule has 0 saturated carbocycles. The molecule has 0 aliphatic carbocycles. The van der Waals surface area contributed by atoms with Crippen molar-refractivity contribution in [2.24, 2.45) is 0 Å². The van der Waals surface area contributed by atoms with E-state index in [4.69, 9.17) is 4.42 Å². The molecule has 3 nitrogen and oxygen atoms in total. The molecule has 106 valence electrons. The second-order valence-corrected chi connectivity index (χ2v) is 6.75. The number of aryl methyl sites for hydroxylation is 1. The monoisotopic (exact) mass is 298 g/mol. The summed E-state index contributed by atoms with van der Waals surface area (Å²) in [7, 11) is -3.58. The maximum absolute atomic E-state index is 12.7. The van der Waals surface area contributed by atoms with Crippen LogP contribution in [-0.4, -0.2) is 8.42 Å². The fourth-order valence-corrected chi connectivity index (χ4v) is 3.55. The Hall–Kier alpha value is -2.33. The Kier molecular flexibility index (Phi) is 3.39. The summed E-state index contributed by atoms with van der Waals surface area (Å²) in [5.41, 5.74) is 2.41. The molecule has 21 heavy (non-hydrogen) atoms. The van der Waals surface area contributed by atoms with E-state index in [-0.39, 0.29) is 9.79 Å². The molecule has 0 bridgehead atoms. The van der Waals surface area contributed by atoms with Gasteiger partial charge in [0.25, 0.3) is 0 Å².